The Labute approximate surface area is 80.0 Å². The molecule has 1 aromatic rings. The van der Waals surface area contributed by atoms with E-state index >= 15 is 0 Å². The summed E-state index contributed by atoms with van der Waals surface area (Å²) in [7, 11) is 0. The van der Waals surface area contributed by atoms with E-state index in [1.165, 1.54) is 24.8 Å². The van der Waals surface area contributed by atoms with Crippen molar-refractivity contribution in [1.29, 1.82) is 0 Å². The van der Waals surface area contributed by atoms with Crippen LogP contribution in [0, 0.1) is 5.92 Å². The van der Waals surface area contributed by atoms with Crippen LogP contribution in [0.2, 0.25) is 0 Å². The number of hydrogen-bond donors (Lipinski definition) is 1. The van der Waals surface area contributed by atoms with Gasteiger partial charge in [-0.25, -0.2) is 0 Å². The van der Waals surface area contributed by atoms with Gasteiger partial charge >= 0.3 is 0 Å². The van der Waals surface area contributed by atoms with Gasteiger partial charge in [-0.15, -0.1) is 0 Å². The average Bonchev–Trinajstić information content (AvgIpc) is 2.89. The van der Waals surface area contributed by atoms with E-state index in [4.69, 9.17) is 5.73 Å². The standard InChI is InChI=1S/C12H17N/c1-9(8-10-6-7-10)11-4-2-3-5-12(11)13/h2-5,9-10H,6-8,13H2,1H3. The zero-order valence-corrected chi connectivity index (χ0v) is 8.16. The van der Waals surface area contributed by atoms with E-state index in [0.717, 1.165) is 11.6 Å². The molecule has 0 heterocycles. The number of nitrogens with two attached hydrogens (primary N) is 1. The number of hydrogen-bond acceptors (Lipinski definition) is 1. The van der Waals surface area contributed by atoms with Gasteiger partial charge in [0.1, 0.15) is 0 Å². The van der Waals surface area contributed by atoms with Gasteiger partial charge in [0, 0.05) is 5.69 Å². The molecule has 1 aliphatic carbocycles. The molecule has 1 fully saturated rings. The molecule has 2 N–H and O–H groups in total. The van der Waals surface area contributed by atoms with Crippen LogP contribution in [-0.4, -0.2) is 0 Å². The van der Waals surface area contributed by atoms with Gasteiger partial charge in [-0.2, -0.15) is 0 Å². The summed E-state index contributed by atoms with van der Waals surface area (Å²) < 4.78 is 0. The highest BCUT2D eigenvalue weighted by atomic mass is 14.6. The minimum atomic E-state index is 0.633. The maximum Gasteiger partial charge on any atom is 0.0349 e. The Morgan fingerprint density at radius 1 is 1.38 bits per heavy atom. The highest BCUT2D eigenvalue weighted by molar-refractivity contribution is 5.48. The van der Waals surface area contributed by atoms with E-state index in [1.807, 2.05) is 12.1 Å². The van der Waals surface area contributed by atoms with Crippen LogP contribution in [0.1, 0.15) is 37.7 Å². The van der Waals surface area contributed by atoms with Gasteiger partial charge in [0.05, 0.1) is 0 Å². The molecule has 0 aliphatic heterocycles. The molecule has 0 aromatic heterocycles. The Morgan fingerprint density at radius 3 is 2.69 bits per heavy atom. The maximum atomic E-state index is 5.92. The van der Waals surface area contributed by atoms with Gasteiger partial charge < -0.3 is 5.73 Å². The van der Waals surface area contributed by atoms with Crippen molar-refractivity contribution < 1.29 is 0 Å². The van der Waals surface area contributed by atoms with Crippen molar-refractivity contribution in [2.45, 2.75) is 32.1 Å². The predicted octanol–water partition coefficient (Wildman–Crippen LogP) is 3.17. The lowest BCUT2D eigenvalue weighted by Crippen LogP contribution is -1.99. The lowest BCUT2D eigenvalue weighted by molar-refractivity contribution is 0.620. The van der Waals surface area contributed by atoms with Crippen LogP contribution >= 0.6 is 0 Å². The molecule has 1 saturated carbocycles. The van der Waals surface area contributed by atoms with Crippen molar-refractivity contribution >= 4 is 5.69 Å². The summed E-state index contributed by atoms with van der Waals surface area (Å²) in [6.07, 6.45) is 4.17. The fourth-order valence-electron chi connectivity index (χ4n) is 1.94. The molecule has 2 rings (SSSR count). The molecule has 1 heteroatoms. The molecule has 0 amide bonds. The summed E-state index contributed by atoms with van der Waals surface area (Å²) in [5, 5.41) is 0. The van der Waals surface area contributed by atoms with Crippen LogP contribution in [-0.2, 0) is 0 Å². The van der Waals surface area contributed by atoms with Crippen LogP contribution in [0.5, 0.6) is 0 Å². The minimum absolute atomic E-state index is 0.633. The van der Waals surface area contributed by atoms with Gasteiger partial charge in [-0.3, -0.25) is 0 Å². The zero-order valence-electron chi connectivity index (χ0n) is 8.16. The smallest absolute Gasteiger partial charge is 0.0349 e. The monoisotopic (exact) mass is 175 g/mol. The van der Waals surface area contributed by atoms with Gasteiger partial charge in [0.15, 0.2) is 0 Å². The quantitative estimate of drug-likeness (QED) is 0.701. The fraction of sp³-hybridized carbons (Fsp3) is 0.500. The molecule has 0 saturated heterocycles. The molecule has 1 atom stereocenters. The summed E-state index contributed by atoms with van der Waals surface area (Å²) in [5.74, 6) is 1.61. The van der Waals surface area contributed by atoms with E-state index in [0.29, 0.717) is 5.92 Å². The molecule has 70 valence electrons. The first-order valence-electron chi connectivity index (χ1n) is 5.12. The highest BCUT2D eigenvalue weighted by Gasteiger charge is 2.24. The SMILES string of the molecule is CC(CC1CC1)c1ccccc1N. The average molecular weight is 175 g/mol. The normalized spacial score (nSPS) is 18.5. The van der Waals surface area contributed by atoms with Crippen molar-refractivity contribution in [1.82, 2.24) is 0 Å². The Bertz CT molecular complexity index is 289. The van der Waals surface area contributed by atoms with Crippen LogP contribution in [0.25, 0.3) is 0 Å². The van der Waals surface area contributed by atoms with Crippen molar-refractivity contribution in [2.75, 3.05) is 5.73 Å². The lowest BCUT2D eigenvalue weighted by Gasteiger charge is -2.13. The van der Waals surface area contributed by atoms with Gasteiger partial charge in [-0.1, -0.05) is 38.0 Å². The van der Waals surface area contributed by atoms with E-state index in [9.17, 15) is 0 Å². The lowest BCUT2D eigenvalue weighted by atomic mass is 9.94. The summed E-state index contributed by atoms with van der Waals surface area (Å²) in [6, 6.07) is 8.24. The first kappa shape index (κ1) is 8.61. The number of para-hydroxylation sites is 1. The number of benzene rings is 1. The zero-order chi connectivity index (χ0) is 9.26. The summed E-state index contributed by atoms with van der Waals surface area (Å²) in [5.41, 5.74) is 8.20. The van der Waals surface area contributed by atoms with Crippen molar-refractivity contribution in [3.63, 3.8) is 0 Å². The molecule has 1 nitrogen and oxygen atoms in total. The van der Waals surface area contributed by atoms with Crippen molar-refractivity contribution in [2.24, 2.45) is 5.92 Å². The van der Waals surface area contributed by atoms with Gasteiger partial charge in [-0.05, 0) is 29.9 Å². The molecule has 0 radical (unpaired) electrons. The molecule has 1 aliphatic rings. The Morgan fingerprint density at radius 2 is 2.08 bits per heavy atom. The third-order valence-corrected chi connectivity index (χ3v) is 2.91. The second-order valence-corrected chi connectivity index (χ2v) is 4.21. The van der Waals surface area contributed by atoms with Gasteiger partial charge in [0.2, 0.25) is 0 Å². The van der Waals surface area contributed by atoms with Crippen LogP contribution in [0.15, 0.2) is 24.3 Å². The molecule has 13 heavy (non-hydrogen) atoms. The van der Waals surface area contributed by atoms with Crippen molar-refractivity contribution in [3.8, 4) is 0 Å². The molecule has 1 unspecified atom stereocenters. The first-order valence-corrected chi connectivity index (χ1v) is 5.12. The number of nitrogen functional groups attached to an aromatic ring is 1. The third kappa shape index (κ3) is 2.03. The second kappa shape index (κ2) is 3.41. The summed E-state index contributed by atoms with van der Waals surface area (Å²) >= 11 is 0. The van der Waals surface area contributed by atoms with Crippen LogP contribution in [0.3, 0.4) is 0 Å². The Kier molecular flexibility index (Phi) is 2.26. The molecule has 0 spiro atoms. The topological polar surface area (TPSA) is 26.0 Å². The largest absolute Gasteiger partial charge is 0.398 e. The highest BCUT2D eigenvalue weighted by Crippen LogP contribution is 2.39. The third-order valence-electron chi connectivity index (χ3n) is 2.91. The van der Waals surface area contributed by atoms with E-state index in [1.54, 1.807) is 0 Å². The summed E-state index contributed by atoms with van der Waals surface area (Å²) in [4.78, 5) is 0. The van der Waals surface area contributed by atoms with Gasteiger partial charge in [0.25, 0.3) is 0 Å². The molecule has 1 aromatic carbocycles. The fourth-order valence-corrected chi connectivity index (χ4v) is 1.94. The predicted molar refractivity (Wildman–Crippen MR) is 56.6 cm³/mol. The second-order valence-electron chi connectivity index (χ2n) is 4.21. The van der Waals surface area contributed by atoms with Crippen LogP contribution < -0.4 is 5.73 Å². The number of rotatable bonds is 3. The Balaban J connectivity index is 2.09. The van der Waals surface area contributed by atoms with E-state index in [2.05, 4.69) is 19.1 Å². The molecule has 0 bridgehead atoms. The van der Waals surface area contributed by atoms with E-state index < -0.39 is 0 Å². The Hall–Kier alpha value is -0.980. The van der Waals surface area contributed by atoms with E-state index in [-0.39, 0.29) is 0 Å². The molecular formula is C12H17N. The van der Waals surface area contributed by atoms with Crippen LogP contribution in [0.4, 0.5) is 5.69 Å². The maximum absolute atomic E-state index is 5.92. The minimum Gasteiger partial charge on any atom is -0.398 e. The molecular weight excluding hydrogens is 158 g/mol. The first-order chi connectivity index (χ1) is 6.27. The van der Waals surface area contributed by atoms with Crippen molar-refractivity contribution in [3.05, 3.63) is 29.8 Å². The summed E-state index contributed by atoms with van der Waals surface area (Å²) in [6.45, 7) is 2.28. The number of anilines is 1.